The molecule has 4 nitrogen and oxygen atoms in total. The van der Waals surface area contributed by atoms with Gasteiger partial charge in [0.15, 0.2) is 0 Å². The van der Waals surface area contributed by atoms with Crippen LogP contribution in [0.1, 0.15) is 16.1 Å². The molecule has 29 heavy (non-hydrogen) atoms. The standard InChI is InChI=1S/C25H20N2O2/c1-26-15-19(16-9-3-6-12-20(16)26)25(29)24-23(18-11-5-8-14-22(18)28)17-10-4-7-13-21(17)27(24)2/h3-15,28H,1-2H3. The van der Waals surface area contributed by atoms with Crippen molar-refractivity contribution in [2.24, 2.45) is 14.1 Å². The molecule has 0 atom stereocenters. The minimum absolute atomic E-state index is 0.0567. The van der Waals surface area contributed by atoms with Crippen LogP contribution in [0.2, 0.25) is 0 Å². The zero-order valence-corrected chi connectivity index (χ0v) is 16.3. The first-order valence-electron chi connectivity index (χ1n) is 9.52. The van der Waals surface area contributed by atoms with Crippen LogP contribution < -0.4 is 0 Å². The first kappa shape index (κ1) is 17.3. The molecular weight excluding hydrogens is 360 g/mol. The Hall–Kier alpha value is -3.79. The molecule has 2 heterocycles. The normalized spacial score (nSPS) is 11.4. The highest BCUT2D eigenvalue weighted by Gasteiger charge is 2.26. The summed E-state index contributed by atoms with van der Waals surface area (Å²) in [4.78, 5) is 13.9. The van der Waals surface area contributed by atoms with Gasteiger partial charge in [-0.2, -0.15) is 0 Å². The quantitative estimate of drug-likeness (QED) is 0.433. The molecule has 0 fully saturated rings. The van der Waals surface area contributed by atoms with Crippen LogP contribution in [0.15, 0.2) is 79.0 Å². The SMILES string of the molecule is Cn1cc(C(=O)c2c(-c3ccccc3O)c3ccccc3n2C)c2ccccc21. The predicted octanol–water partition coefficient (Wildman–Crippen LogP) is 5.27. The molecule has 5 rings (SSSR count). The van der Waals surface area contributed by atoms with Crippen LogP contribution in [-0.4, -0.2) is 20.0 Å². The van der Waals surface area contributed by atoms with E-state index in [9.17, 15) is 9.90 Å². The van der Waals surface area contributed by atoms with E-state index in [1.165, 1.54) is 0 Å². The van der Waals surface area contributed by atoms with Crippen molar-refractivity contribution < 1.29 is 9.90 Å². The maximum atomic E-state index is 13.9. The number of para-hydroxylation sites is 3. The average molecular weight is 380 g/mol. The van der Waals surface area contributed by atoms with Crippen LogP contribution in [-0.2, 0) is 14.1 Å². The number of hydrogen-bond acceptors (Lipinski definition) is 2. The Kier molecular flexibility index (Phi) is 3.81. The topological polar surface area (TPSA) is 47.2 Å². The number of benzene rings is 3. The Bertz CT molecular complexity index is 1410. The molecule has 3 aromatic carbocycles. The van der Waals surface area contributed by atoms with Crippen molar-refractivity contribution in [3.05, 3.63) is 90.3 Å². The van der Waals surface area contributed by atoms with Gasteiger partial charge in [0.2, 0.25) is 5.78 Å². The summed E-state index contributed by atoms with van der Waals surface area (Å²) in [5.74, 6) is 0.106. The van der Waals surface area contributed by atoms with E-state index in [4.69, 9.17) is 0 Å². The number of phenolic OH excluding ortho intramolecular Hbond substituents is 1. The fourth-order valence-electron chi connectivity index (χ4n) is 4.27. The van der Waals surface area contributed by atoms with Gasteiger partial charge in [-0.15, -0.1) is 0 Å². The van der Waals surface area contributed by atoms with Crippen LogP contribution >= 0.6 is 0 Å². The summed E-state index contributed by atoms with van der Waals surface area (Å²) in [5, 5.41) is 12.4. The Morgan fingerprint density at radius 2 is 1.41 bits per heavy atom. The minimum Gasteiger partial charge on any atom is -0.507 e. The number of carbonyl (C=O) groups is 1. The molecule has 142 valence electrons. The number of fused-ring (bicyclic) bond motifs is 2. The molecule has 0 radical (unpaired) electrons. The fourth-order valence-corrected chi connectivity index (χ4v) is 4.27. The summed E-state index contributed by atoms with van der Waals surface area (Å²) < 4.78 is 3.91. The van der Waals surface area contributed by atoms with Gasteiger partial charge in [0, 0.05) is 58.8 Å². The summed E-state index contributed by atoms with van der Waals surface area (Å²) in [6.07, 6.45) is 1.89. The third-order valence-corrected chi connectivity index (χ3v) is 5.64. The molecule has 0 spiro atoms. The van der Waals surface area contributed by atoms with E-state index >= 15 is 0 Å². The van der Waals surface area contributed by atoms with Crippen LogP contribution in [0, 0.1) is 0 Å². The Balaban J connectivity index is 1.86. The van der Waals surface area contributed by atoms with Gasteiger partial charge in [-0.05, 0) is 18.2 Å². The third-order valence-electron chi connectivity index (χ3n) is 5.64. The fraction of sp³-hybridized carbons (Fsp3) is 0.0800. The van der Waals surface area contributed by atoms with Crippen molar-refractivity contribution >= 4 is 27.6 Å². The van der Waals surface area contributed by atoms with Crippen molar-refractivity contribution in [1.82, 2.24) is 9.13 Å². The zero-order chi connectivity index (χ0) is 20.1. The first-order chi connectivity index (χ1) is 14.1. The Labute approximate surface area is 168 Å². The number of aromatic nitrogens is 2. The van der Waals surface area contributed by atoms with Crippen molar-refractivity contribution in [2.75, 3.05) is 0 Å². The number of rotatable bonds is 3. The summed E-state index contributed by atoms with van der Waals surface area (Å²) in [7, 11) is 3.86. The highest BCUT2D eigenvalue weighted by atomic mass is 16.3. The maximum Gasteiger partial charge on any atom is 0.212 e. The molecule has 5 aromatic rings. The summed E-state index contributed by atoms with van der Waals surface area (Å²) in [5.41, 5.74) is 4.62. The Morgan fingerprint density at radius 3 is 2.17 bits per heavy atom. The van der Waals surface area contributed by atoms with E-state index in [1.54, 1.807) is 12.1 Å². The van der Waals surface area contributed by atoms with Crippen molar-refractivity contribution in [1.29, 1.82) is 0 Å². The molecule has 0 saturated carbocycles. The van der Waals surface area contributed by atoms with Gasteiger partial charge in [-0.3, -0.25) is 4.79 Å². The smallest absolute Gasteiger partial charge is 0.212 e. The third kappa shape index (κ3) is 2.49. The molecule has 0 aliphatic carbocycles. The van der Waals surface area contributed by atoms with E-state index in [0.29, 0.717) is 16.8 Å². The molecule has 0 aliphatic heterocycles. The molecule has 0 saturated heterocycles. The number of ketones is 1. The number of hydrogen-bond donors (Lipinski definition) is 1. The van der Waals surface area contributed by atoms with Crippen LogP contribution in [0.4, 0.5) is 0 Å². The summed E-state index contributed by atoms with van der Waals surface area (Å²) >= 11 is 0. The number of aromatic hydroxyl groups is 1. The largest absolute Gasteiger partial charge is 0.507 e. The van der Waals surface area contributed by atoms with E-state index in [1.807, 2.05) is 90.1 Å². The van der Waals surface area contributed by atoms with E-state index in [-0.39, 0.29) is 11.5 Å². The van der Waals surface area contributed by atoms with Crippen molar-refractivity contribution in [3.63, 3.8) is 0 Å². The van der Waals surface area contributed by atoms with Gasteiger partial charge >= 0.3 is 0 Å². The van der Waals surface area contributed by atoms with Gasteiger partial charge < -0.3 is 14.2 Å². The van der Waals surface area contributed by atoms with Gasteiger partial charge in [0.1, 0.15) is 5.75 Å². The van der Waals surface area contributed by atoms with Crippen LogP contribution in [0.25, 0.3) is 32.9 Å². The number of carbonyl (C=O) groups excluding carboxylic acids is 1. The summed E-state index contributed by atoms with van der Waals surface area (Å²) in [6, 6.07) is 23.0. The molecule has 0 bridgehead atoms. The maximum absolute atomic E-state index is 13.9. The molecule has 0 aliphatic rings. The van der Waals surface area contributed by atoms with Gasteiger partial charge in [-0.1, -0.05) is 54.6 Å². The van der Waals surface area contributed by atoms with Gasteiger partial charge in [0.25, 0.3) is 0 Å². The van der Waals surface area contributed by atoms with E-state index in [2.05, 4.69) is 0 Å². The van der Waals surface area contributed by atoms with Crippen LogP contribution in [0.5, 0.6) is 5.75 Å². The van der Waals surface area contributed by atoms with E-state index < -0.39 is 0 Å². The highest BCUT2D eigenvalue weighted by Crippen LogP contribution is 2.40. The molecule has 0 amide bonds. The highest BCUT2D eigenvalue weighted by molar-refractivity contribution is 6.22. The molecular formula is C25H20N2O2. The predicted molar refractivity (Wildman–Crippen MR) is 116 cm³/mol. The van der Waals surface area contributed by atoms with Crippen LogP contribution in [0.3, 0.4) is 0 Å². The van der Waals surface area contributed by atoms with Crippen molar-refractivity contribution in [3.8, 4) is 16.9 Å². The Morgan fingerprint density at radius 1 is 0.793 bits per heavy atom. The molecule has 1 N–H and O–H groups in total. The lowest BCUT2D eigenvalue weighted by Crippen LogP contribution is -2.08. The number of phenols is 1. The first-order valence-corrected chi connectivity index (χ1v) is 9.52. The lowest BCUT2D eigenvalue weighted by atomic mass is 9.97. The van der Waals surface area contributed by atoms with Crippen molar-refractivity contribution in [2.45, 2.75) is 0 Å². The molecule has 0 unspecified atom stereocenters. The number of nitrogens with zero attached hydrogens (tertiary/aromatic N) is 2. The number of aryl methyl sites for hydroxylation is 2. The second kappa shape index (κ2) is 6.38. The zero-order valence-electron chi connectivity index (χ0n) is 16.3. The lowest BCUT2D eigenvalue weighted by molar-refractivity contribution is 0.103. The molecule has 4 heteroatoms. The molecule has 2 aromatic heterocycles. The van der Waals surface area contributed by atoms with Gasteiger partial charge in [0.05, 0.1) is 5.69 Å². The second-order valence-corrected chi connectivity index (χ2v) is 7.32. The summed E-state index contributed by atoms with van der Waals surface area (Å²) in [6.45, 7) is 0. The minimum atomic E-state index is -0.0567. The van der Waals surface area contributed by atoms with E-state index in [0.717, 1.165) is 27.4 Å². The lowest BCUT2D eigenvalue weighted by Gasteiger charge is -2.09. The second-order valence-electron chi connectivity index (χ2n) is 7.32. The monoisotopic (exact) mass is 380 g/mol. The van der Waals surface area contributed by atoms with Gasteiger partial charge in [-0.25, -0.2) is 0 Å². The average Bonchev–Trinajstić information content (AvgIpc) is 3.23.